The van der Waals surface area contributed by atoms with Gasteiger partial charge in [0.05, 0.1) is 11.6 Å². The molecule has 0 spiro atoms. The van der Waals surface area contributed by atoms with E-state index in [0.717, 1.165) is 56.4 Å². The van der Waals surface area contributed by atoms with Crippen molar-refractivity contribution in [1.29, 1.82) is 0 Å². The number of amides is 1. The van der Waals surface area contributed by atoms with Crippen molar-refractivity contribution < 1.29 is 29.3 Å². The minimum atomic E-state index is -0.855. The number of hydrogen-bond donors (Lipinski definition) is 4. The fraction of sp³-hybridized carbons (Fsp3) is 0.667. The topological polar surface area (TPSA) is 125 Å². The number of rotatable bonds is 18. The smallest absolute Gasteiger partial charge is 0.303 e. The van der Waals surface area contributed by atoms with Crippen LogP contribution in [0.1, 0.15) is 77.0 Å². The molecular formula is C21H34N2O6S. The number of carboxylic acids is 2. The van der Waals surface area contributed by atoms with Gasteiger partial charge >= 0.3 is 11.9 Å². The van der Waals surface area contributed by atoms with E-state index in [-0.39, 0.29) is 25.4 Å². The van der Waals surface area contributed by atoms with E-state index in [2.05, 4.69) is 10.6 Å². The molecule has 0 aliphatic carbocycles. The maximum Gasteiger partial charge on any atom is 0.303 e. The van der Waals surface area contributed by atoms with Gasteiger partial charge in [-0.1, -0.05) is 49.9 Å². The van der Waals surface area contributed by atoms with E-state index in [0.29, 0.717) is 23.6 Å². The van der Waals surface area contributed by atoms with Crippen LogP contribution in [0.15, 0.2) is 6.07 Å². The van der Waals surface area contributed by atoms with Crippen LogP contribution in [0.4, 0.5) is 10.0 Å². The highest BCUT2D eigenvalue weighted by Crippen LogP contribution is 2.38. The third-order valence-electron chi connectivity index (χ3n) is 4.53. The number of hydrogen-bond acceptors (Lipinski definition) is 6. The van der Waals surface area contributed by atoms with Crippen LogP contribution in [0, 0.1) is 0 Å². The lowest BCUT2D eigenvalue weighted by Crippen LogP contribution is -2.11. The van der Waals surface area contributed by atoms with Crippen LogP contribution in [0.3, 0.4) is 0 Å². The van der Waals surface area contributed by atoms with Gasteiger partial charge in [-0.2, -0.15) is 0 Å². The van der Waals surface area contributed by atoms with E-state index in [1.165, 1.54) is 11.3 Å². The second-order valence-electron chi connectivity index (χ2n) is 7.17. The van der Waals surface area contributed by atoms with Gasteiger partial charge in [-0.3, -0.25) is 14.4 Å². The highest BCUT2D eigenvalue weighted by molar-refractivity contribution is 7.20. The molecule has 0 radical (unpaired) electrons. The van der Waals surface area contributed by atoms with Crippen molar-refractivity contribution in [3.05, 3.63) is 6.07 Å². The fourth-order valence-electron chi connectivity index (χ4n) is 2.91. The van der Waals surface area contributed by atoms with Gasteiger partial charge in [0.2, 0.25) is 5.91 Å². The Bertz CT molecular complexity index is 662. The molecule has 0 aromatic carbocycles. The summed E-state index contributed by atoms with van der Waals surface area (Å²) in [5.41, 5.74) is 0. The molecule has 1 aromatic rings. The molecule has 0 unspecified atom stereocenters. The fourth-order valence-corrected chi connectivity index (χ4v) is 3.78. The lowest BCUT2D eigenvalue weighted by molar-refractivity contribution is -0.138. The van der Waals surface area contributed by atoms with E-state index < -0.39 is 11.9 Å². The quantitative estimate of drug-likeness (QED) is 0.237. The van der Waals surface area contributed by atoms with Gasteiger partial charge < -0.3 is 25.6 Å². The summed E-state index contributed by atoms with van der Waals surface area (Å²) < 4.78 is 5.64. The molecule has 1 rings (SSSR count). The zero-order valence-corrected chi connectivity index (χ0v) is 18.5. The lowest BCUT2D eigenvalue weighted by atomic mass is 10.1. The minimum absolute atomic E-state index is 0.0487. The van der Waals surface area contributed by atoms with Gasteiger partial charge in [0.1, 0.15) is 5.00 Å². The van der Waals surface area contributed by atoms with Gasteiger partial charge in [-0.05, 0) is 19.3 Å². The molecule has 0 aliphatic heterocycles. The minimum Gasteiger partial charge on any atom is -0.490 e. The Kier molecular flexibility index (Phi) is 13.3. The van der Waals surface area contributed by atoms with Gasteiger partial charge in [0.25, 0.3) is 0 Å². The van der Waals surface area contributed by atoms with E-state index in [1.54, 1.807) is 13.1 Å². The van der Waals surface area contributed by atoms with E-state index in [1.807, 2.05) is 0 Å². The molecule has 30 heavy (non-hydrogen) atoms. The number of thiophene rings is 1. The number of carbonyl (C=O) groups is 3. The Morgan fingerprint density at radius 3 is 1.97 bits per heavy atom. The second kappa shape index (κ2) is 15.5. The first kappa shape index (κ1) is 25.7. The molecule has 0 atom stereocenters. The number of unbranched alkanes of at least 4 members (excludes halogenated alkanes) is 7. The molecule has 8 nitrogen and oxygen atoms in total. The van der Waals surface area contributed by atoms with Crippen molar-refractivity contribution in [2.75, 3.05) is 24.3 Å². The average Bonchev–Trinajstić information content (AvgIpc) is 3.08. The predicted octanol–water partition coefficient (Wildman–Crippen LogP) is 4.96. The Hall–Kier alpha value is -2.29. The highest BCUT2D eigenvalue weighted by Gasteiger charge is 2.13. The van der Waals surface area contributed by atoms with E-state index >= 15 is 0 Å². The van der Waals surface area contributed by atoms with Crippen LogP contribution >= 0.6 is 11.3 Å². The number of nitrogens with one attached hydrogen (secondary N) is 2. The highest BCUT2D eigenvalue weighted by atomic mass is 32.1. The second-order valence-corrected chi connectivity index (χ2v) is 8.22. The maximum atomic E-state index is 12.2. The Morgan fingerprint density at radius 2 is 1.40 bits per heavy atom. The summed E-state index contributed by atoms with van der Waals surface area (Å²) in [6.07, 6.45) is 9.05. The van der Waals surface area contributed by atoms with Gasteiger partial charge in [0.15, 0.2) is 5.75 Å². The molecule has 1 aromatic heterocycles. The molecule has 4 N–H and O–H groups in total. The third kappa shape index (κ3) is 12.3. The number of aliphatic carboxylic acids is 2. The third-order valence-corrected chi connectivity index (χ3v) is 5.58. The molecule has 9 heteroatoms. The zero-order valence-electron chi connectivity index (χ0n) is 17.7. The molecule has 0 saturated heterocycles. The molecule has 0 saturated carbocycles. The predicted molar refractivity (Wildman–Crippen MR) is 119 cm³/mol. The number of anilines is 2. The van der Waals surface area contributed by atoms with Crippen LogP contribution < -0.4 is 15.4 Å². The molecule has 1 amide bonds. The lowest BCUT2D eigenvalue weighted by Gasteiger charge is -2.08. The van der Waals surface area contributed by atoms with Crippen LogP contribution in [-0.2, 0) is 14.4 Å². The molecule has 1 heterocycles. The largest absolute Gasteiger partial charge is 0.490 e. The normalized spacial score (nSPS) is 10.6. The first-order valence-electron chi connectivity index (χ1n) is 10.6. The van der Waals surface area contributed by atoms with Crippen molar-refractivity contribution in [2.45, 2.75) is 77.0 Å². The monoisotopic (exact) mass is 442 g/mol. The molecule has 170 valence electrons. The Labute approximate surface area is 182 Å². The molecule has 0 aliphatic rings. The zero-order chi connectivity index (χ0) is 22.2. The number of ether oxygens (including phenoxy) is 1. The first-order chi connectivity index (χ1) is 14.4. The average molecular weight is 443 g/mol. The molecule has 0 bridgehead atoms. The Morgan fingerprint density at radius 1 is 0.867 bits per heavy atom. The van der Waals surface area contributed by atoms with Crippen LogP contribution in [0.25, 0.3) is 0 Å². The summed E-state index contributed by atoms with van der Waals surface area (Å²) in [6, 6.07) is 1.80. The van der Waals surface area contributed by atoms with Crippen molar-refractivity contribution >= 4 is 39.2 Å². The van der Waals surface area contributed by atoms with Crippen LogP contribution in [-0.4, -0.2) is 41.7 Å². The van der Waals surface area contributed by atoms with Gasteiger partial charge in [-0.25, -0.2) is 0 Å². The SMILES string of the molecule is CNc1cc(OCCCC(=O)O)c(NC(=O)CCCCCCCCCCC(=O)O)s1. The van der Waals surface area contributed by atoms with Gasteiger partial charge in [0, 0.05) is 32.4 Å². The van der Waals surface area contributed by atoms with Crippen molar-refractivity contribution in [3.63, 3.8) is 0 Å². The van der Waals surface area contributed by atoms with Gasteiger partial charge in [-0.15, -0.1) is 0 Å². The summed E-state index contributed by atoms with van der Waals surface area (Å²) in [4.78, 5) is 33.3. The molecular weight excluding hydrogens is 408 g/mol. The van der Waals surface area contributed by atoms with Crippen LogP contribution in [0.2, 0.25) is 0 Å². The maximum absolute atomic E-state index is 12.2. The van der Waals surface area contributed by atoms with E-state index in [4.69, 9.17) is 14.9 Å². The summed E-state index contributed by atoms with van der Waals surface area (Å²) in [7, 11) is 1.79. The summed E-state index contributed by atoms with van der Waals surface area (Å²) in [5.74, 6) is -1.07. The number of carboxylic acid groups (broad SMARTS) is 2. The number of carbonyl (C=O) groups excluding carboxylic acids is 1. The summed E-state index contributed by atoms with van der Waals surface area (Å²) >= 11 is 1.39. The summed E-state index contributed by atoms with van der Waals surface area (Å²) in [6.45, 7) is 0.283. The van der Waals surface area contributed by atoms with Crippen molar-refractivity contribution in [3.8, 4) is 5.75 Å². The van der Waals surface area contributed by atoms with E-state index in [9.17, 15) is 14.4 Å². The van der Waals surface area contributed by atoms with Crippen molar-refractivity contribution in [1.82, 2.24) is 0 Å². The van der Waals surface area contributed by atoms with Crippen molar-refractivity contribution in [2.24, 2.45) is 0 Å². The summed E-state index contributed by atoms with van der Waals surface area (Å²) in [5, 5.41) is 24.7. The standard InChI is InChI=1S/C21H34N2O6S/c1-22-18-15-16(29-14-10-13-20(27)28)21(30-18)23-17(24)11-8-6-4-2-3-5-7-9-12-19(25)26/h15,22H,2-14H2,1H3,(H,23,24)(H,25,26)(H,27,28). The Balaban J connectivity index is 2.20. The first-order valence-corrected chi connectivity index (χ1v) is 11.4. The van der Waals surface area contributed by atoms with Crippen LogP contribution in [0.5, 0.6) is 5.75 Å². The molecule has 0 fully saturated rings.